The maximum Gasteiger partial charge on any atom is 0.258 e. The summed E-state index contributed by atoms with van der Waals surface area (Å²) in [6.07, 6.45) is 1.58. The molecule has 182 valence electrons. The average Bonchev–Trinajstić information content (AvgIpc) is 3.13. The second-order valence-corrected chi connectivity index (χ2v) is 9.78. The van der Waals surface area contributed by atoms with Crippen LogP contribution >= 0.6 is 15.9 Å². The van der Waals surface area contributed by atoms with Gasteiger partial charge in [-0.2, -0.15) is 0 Å². The second-order valence-electron chi connectivity index (χ2n) is 8.86. The van der Waals surface area contributed by atoms with Crippen LogP contribution in [-0.4, -0.2) is 41.8 Å². The minimum Gasteiger partial charge on any atom is -0.354 e. The molecule has 0 spiro atoms. The first-order valence-corrected chi connectivity index (χ1v) is 12.8. The molecule has 3 aromatic rings. The first-order chi connectivity index (χ1) is 16.9. The second kappa shape index (κ2) is 11.0. The molecule has 0 unspecified atom stereocenters. The van der Waals surface area contributed by atoms with Crippen molar-refractivity contribution in [2.75, 3.05) is 18.0 Å². The van der Waals surface area contributed by atoms with E-state index in [4.69, 9.17) is 0 Å². The molecule has 0 fully saturated rings. The van der Waals surface area contributed by atoms with Crippen LogP contribution in [-0.2, 0) is 16.1 Å². The van der Waals surface area contributed by atoms with Crippen molar-refractivity contribution < 1.29 is 14.4 Å². The maximum atomic E-state index is 13.3. The summed E-state index contributed by atoms with van der Waals surface area (Å²) >= 11 is 3.48. The number of amides is 3. The standard InChI is InChI=1S/C28H30BrN3O3/c1-3-15-30-27(34)19(2)32(18-20-8-4-11-22(29)17-20)25(33)14-7-16-31-24-13-6-10-21-9-5-12-23(26(21)24)28(31)35/h4-6,8-13,17,19H,3,7,14-16,18H2,1-2H3,(H,30,34)/t19-/m0/s1. The smallest absolute Gasteiger partial charge is 0.258 e. The lowest BCUT2D eigenvalue weighted by Gasteiger charge is -2.29. The monoisotopic (exact) mass is 535 g/mol. The van der Waals surface area contributed by atoms with Crippen molar-refractivity contribution in [3.05, 3.63) is 76.3 Å². The number of benzene rings is 3. The van der Waals surface area contributed by atoms with Crippen molar-refractivity contribution in [1.82, 2.24) is 10.2 Å². The normalized spacial score (nSPS) is 13.2. The zero-order valence-corrected chi connectivity index (χ0v) is 21.7. The van der Waals surface area contributed by atoms with E-state index < -0.39 is 6.04 Å². The van der Waals surface area contributed by atoms with Crippen molar-refractivity contribution in [3.63, 3.8) is 0 Å². The number of anilines is 1. The number of carbonyl (C=O) groups excluding carboxylic acids is 3. The van der Waals surface area contributed by atoms with Gasteiger partial charge in [-0.05, 0) is 55.0 Å². The fourth-order valence-electron chi connectivity index (χ4n) is 4.54. The van der Waals surface area contributed by atoms with E-state index in [1.807, 2.05) is 67.6 Å². The Morgan fingerprint density at radius 2 is 1.83 bits per heavy atom. The predicted octanol–water partition coefficient (Wildman–Crippen LogP) is 5.29. The van der Waals surface area contributed by atoms with Crippen molar-refractivity contribution in [3.8, 4) is 0 Å². The van der Waals surface area contributed by atoms with E-state index in [2.05, 4.69) is 21.2 Å². The highest BCUT2D eigenvalue weighted by Crippen LogP contribution is 2.37. The third kappa shape index (κ3) is 5.40. The molecule has 3 aromatic carbocycles. The highest BCUT2D eigenvalue weighted by molar-refractivity contribution is 9.10. The van der Waals surface area contributed by atoms with Gasteiger partial charge < -0.3 is 15.1 Å². The molecule has 6 nitrogen and oxygen atoms in total. The van der Waals surface area contributed by atoms with Crippen LogP contribution in [0.4, 0.5) is 5.69 Å². The predicted molar refractivity (Wildman–Crippen MR) is 142 cm³/mol. The number of nitrogens with one attached hydrogen (secondary N) is 1. The highest BCUT2D eigenvalue weighted by atomic mass is 79.9. The molecule has 1 heterocycles. The Morgan fingerprint density at radius 3 is 2.57 bits per heavy atom. The Hall–Kier alpha value is -3.19. The van der Waals surface area contributed by atoms with E-state index in [9.17, 15) is 14.4 Å². The fraction of sp³-hybridized carbons (Fsp3) is 0.321. The maximum absolute atomic E-state index is 13.3. The van der Waals surface area contributed by atoms with Crippen molar-refractivity contribution in [2.24, 2.45) is 0 Å². The Kier molecular flexibility index (Phi) is 7.86. The molecule has 35 heavy (non-hydrogen) atoms. The Bertz CT molecular complexity index is 1250. The summed E-state index contributed by atoms with van der Waals surface area (Å²) in [7, 11) is 0. The molecule has 1 aliphatic heterocycles. The molecule has 0 radical (unpaired) electrons. The summed E-state index contributed by atoms with van der Waals surface area (Å²) in [5, 5.41) is 4.91. The Balaban J connectivity index is 1.45. The van der Waals surface area contributed by atoms with Gasteiger partial charge in [0.25, 0.3) is 5.91 Å². The van der Waals surface area contributed by atoms with E-state index in [1.54, 1.807) is 16.7 Å². The number of halogens is 1. The van der Waals surface area contributed by atoms with Crippen LogP contribution in [0.1, 0.15) is 49.0 Å². The highest BCUT2D eigenvalue weighted by Gasteiger charge is 2.30. The summed E-state index contributed by atoms with van der Waals surface area (Å²) in [5.41, 5.74) is 2.55. The molecule has 1 N–H and O–H groups in total. The van der Waals surface area contributed by atoms with Crippen LogP contribution in [0.15, 0.2) is 65.1 Å². The summed E-state index contributed by atoms with van der Waals surface area (Å²) < 4.78 is 0.923. The molecule has 0 aliphatic carbocycles. The number of rotatable bonds is 10. The zero-order chi connectivity index (χ0) is 24.9. The van der Waals surface area contributed by atoms with Crippen molar-refractivity contribution in [2.45, 2.75) is 45.7 Å². The number of hydrogen-bond acceptors (Lipinski definition) is 3. The van der Waals surface area contributed by atoms with Crippen LogP contribution in [0.2, 0.25) is 0 Å². The number of nitrogens with zero attached hydrogens (tertiary/aromatic N) is 2. The van der Waals surface area contributed by atoms with Gasteiger partial charge in [-0.3, -0.25) is 14.4 Å². The van der Waals surface area contributed by atoms with Gasteiger partial charge in [-0.15, -0.1) is 0 Å². The topological polar surface area (TPSA) is 69.7 Å². The SMILES string of the molecule is CCCNC(=O)[C@H](C)N(Cc1cccc(Br)c1)C(=O)CCCN1C(=O)c2cccc3cccc1c23. The van der Waals surface area contributed by atoms with E-state index in [-0.39, 0.29) is 24.1 Å². The molecule has 0 bridgehead atoms. The van der Waals surface area contributed by atoms with Gasteiger partial charge in [-0.25, -0.2) is 0 Å². The zero-order valence-electron chi connectivity index (χ0n) is 20.1. The Morgan fingerprint density at radius 1 is 1.09 bits per heavy atom. The molecule has 3 amide bonds. The van der Waals surface area contributed by atoms with Gasteiger partial charge in [0.05, 0.1) is 5.69 Å². The third-order valence-corrected chi connectivity index (χ3v) is 6.87. The lowest BCUT2D eigenvalue weighted by Crippen LogP contribution is -2.47. The summed E-state index contributed by atoms with van der Waals surface area (Å²) in [4.78, 5) is 42.5. The van der Waals surface area contributed by atoms with Gasteiger partial charge in [-0.1, -0.05) is 59.3 Å². The van der Waals surface area contributed by atoms with Crippen molar-refractivity contribution in [1.29, 1.82) is 0 Å². The first-order valence-electron chi connectivity index (χ1n) is 12.1. The van der Waals surface area contributed by atoms with Gasteiger partial charge in [0.15, 0.2) is 0 Å². The molecule has 1 atom stereocenters. The van der Waals surface area contributed by atoms with E-state index in [1.165, 1.54) is 0 Å². The van der Waals surface area contributed by atoms with Gasteiger partial charge in [0, 0.05) is 41.5 Å². The van der Waals surface area contributed by atoms with E-state index in [0.717, 1.165) is 32.9 Å². The quantitative estimate of drug-likeness (QED) is 0.383. The lowest BCUT2D eigenvalue weighted by atomic mass is 10.1. The molecule has 4 rings (SSSR count). The molecule has 0 saturated carbocycles. The number of carbonyl (C=O) groups is 3. The minimum atomic E-state index is -0.598. The number of hydrogen-bond donors (Lipinski definition) is 1. The van der Waals surface area contributed by atoms with Gasteiger partial charge in [0.1, 0.15) is 6.04 Å². The molecular formula is C28H30BrN3O3. The van der Waals surface area contributed by atoms with Gasteiger partial charge in [0.2, 0.25) is 11.8 Å². The van der Waals surface area contributed by atoms with Crippen LogP contribution in [0.5, 0.6) is 0 Å². The largest absolute Gasteiger partial charge is 0.354 e. The van der Waals surface area contributed by atoms with Gasteiger partial charge >= 0.3 is 0 Å². The summed E-state index contributed by atoms with van der Waals surface area (Å²) in [5.74, 6) is -0.291. The molecule has 1 aliphatic rings. The molecule has 0 saturated heterocycles. The minimum absolute atomic E-state index is 0.0254. The van der Waals surface area contributed by atoms with Crippen LogP contribution < -0.4 is 10.2 Å². The summed E-state index contributed by atoms with van der Waals surface area (Å²) in [6, 6.07) is 18.8. The average molecular weight is 536 g/mol. The van der Waals surface area contributed by atoms with Crippen LogP contribution in [0.25, 0.3) is 10.8 Å². The van der Waals surface area contributed by atoms with Crippen LogP contribution in [0, 0.1) is 0 Å². The fourth-order valence-corrected chi connectivity index (χ4v) is 4.99. The van der Waals surface area contributed by atoms with Crippen LogP contribution in [0.3, 0.4) is 0 Å². The van der Waals surface area contributed by atoms with E-state index in [0.29, 0.717) is 31.6 Å². The lowest BCUT2D eigenvalue weighted by molar-refractivity contribution is -0.140. The summed E-state index contributed by atoms with van der Waals surface area (Å²) in [6.45, 7) is 5.12. The molecular weight excluding hydrogens is 506 g/mol. The molecule has 0 aromatic heterocycles. The Labute approximate surface area is 214 Å². The van der Waals surface area contributed by atoms with E-state index >= 15 is 0 Å². The van der Waals surface area contributed by atoms with Crippen molar-refractivity contribution >= 4 is 50.1 Å². The third-order valence-electron chi connectivity index (χ3n) is 6.38. The molecule has 7 heteroatoms. The first kappa shape index (κ1) is 24.9.